The van der Waals surface area contributed by atoms with E-state index in [4.69, 9.17) is 4.42 Å². The molecule has 1 saturated carbocycles. The van der Waals surface area contributed by atoms with Crippen LogP contribution in [-0.2, 0) is 21.5 Å². The van der Waals surface area contributed by atoms with Crippen LogP contribution in [0.3, 0.4) is 0 Å². The predicted molar refractivity (Wildman–Crippen MR) is 97.8 cm³/mol. The second-order valence-corrected chi connectivity index (χ2v) is 7.35. The third kappa shape index (κ3) is 3.79. The molecule has 3 rings (SSSR count). The van der Waals surface area contributed by atoms with Crippen molar-refractivity contribution in [2.45, 2.75) is 44.2 Å². The van der Waals surface area contributed by atoms with E-state index < -0.39 is 11.5 Å². The van der Waals surface area contributed by atoms with Gasteiger partial charge in [0, 0.05) is 4.47 Å². The molecule has 1 aromatic carbocycles. The van der Waals surface area contributed by atoms with Gasteiger partial charge < -0.3 is 15.1 Å². The lowest BCUT2D eigenvalue weighted by atomic mass is 9.63. The van der Waals surface area contributed by atoms with Crippen LogP contribution < -0.4 is 10.6 Å². The lowest BCUT2D eigenvalue weighted by Crippen LogP contribution is -2.54. The minimum absolute atomic E-state index is 0.0817. The molecule has 6 heteroatoms. The number of furan rings is 1. The van der Waals surface area contributed by atoms with Crippen LogP contribution in [0, 0.1) is 0 Å². The van der Waals surface area contributed by atoms with Crippen LogP contribution in [0.5, 0.6) is 0 Å². The molecule has 1 aliphatic rings. The SMILES string of the molecule is CC(NC(=O)C1(c2ccc(Br)cc2)CCC1)C(=O)NCc1ccco1. The van der Waals surface area contributed by atoms with E-state index in [1.165, 1.54) is 0 Å². The van der Waals surface area contributed by atoms with Crippen LogP contribution in [-0.4, -0.2) is 17.9 Å². The minimum Gasteiger partial charge on any atom is -0.467 e. The molecule has 1 atom stereocenters. The van der Waals surface area contributed by atoms with Crippen molar-refractivity contribution < 1.29 is 14.0 Å². The fraction of sp³-hybridized carbons (Fsp3) is 0.368. The van der Waals surface area contributed by atoms with Gasteiger partial charge in [0.2, 0.25) is 11.8 Å². The first-order chi connectivity index (χ1) is 12.0. The summed E-state index contributed by atoms with van der Waals surface area (Å²) in [6, 6.07) is 10.8. The molecule has 2 amide bonds. The van der Waals surface area contributed by atoms with Crippen molar-refractivity contribution in [1.29, 1.82) is 0 Å². The highest BCUT2D eigenvalue weighted by molar-refractivity contribution is 9.10. The molecule has 1 fully saturated rings. The molecule has 0 saturated heterocycles. The van der Waals surface area contributed by atoms with Crippen molar-refractivity contribution >= 4 is 27.7 Å². The van der Waals surface area contributed by atoms with Gasteiger partial charge >= 0.3 is 0 Å². The summed E-state index contributed by atoms with van der Waals surface area (Å²) >= 11 is 3.42. The number of hydrogen-bond acceptors (Lipinski definition) is 3. The Morgan fingerprint density at radius 2 is 1.96 bits per heavy atom. The zero-order chi connectivity index (χ0) is 17.9. The highest BCUT2D eigenvalue weighted by Gasteiger charge is 2.46. The molecule has 25 heavy (non-hydrogen) atoms. The van der Waals surface area contributed by atoms with E-state index in [1.807, 2.05) is 24.3 Å². The van der Waals surface area contributed by atoms with Crippen molar-refractivity contribution in [1.82, 2.24) is 10.6 Å². The molecule has 1 unspecified atom stereocenters. The predicted octanol–water partition coefficient (Wildman–Crippen LogP) is 3.28. The number of rotatable bonds is 6. The van der Waals surface area contributed by atoms with Crippen molar-refractivity contribution in [3.8, 4) is 0 Å². The van der Waals surface area contributed by atoms with Gasteiger partial charge in [-0.25, -0.2) is 0 Å². The quantitative estimate of drug-likeness (QED) is 0.775. The van der Waals surface area contributed by atoms with Crippen LogP contribution in [0.4, 0.5) is 0 Å². The van der Waals surface area contributed by atoms with E-state index in [1.54, 1.807) is 25.3 Å². The maximum absolute atomic E-state index is 12.9. The molecule has 0 bridgehead atoms. The zero-order valence-electron chi connectivity index (χ0n) is 14.0. The maximum atomic E-state index is 12.9. The van der Waals surface area contributed by atoms with Crippen molar-refractivity contribution in [2.75, 3.05) is 0 Å². The largest absolute Gasteiger partial charge is 0.467 e. The summed E-state index contributed by atoms with van der Waals surface area (Å²) in [4.78, 5) is 25.1. The highest BCUT2D eigenvalue weighted by atomic mass is 79.9. The van der Waals surface area contributed by atoms with Gasteiger partial charge in [-0.3, -0.25) is 9.59 Å². The van der Waals surface area contributed by atoms with Crippen molar-refractivity contribution in [2.24, 2.45) is 0 Å². The average molecular weight is 405 g/mol. The first kappa shape index (κ1) is 17.7. The molecule has 0 aliphatic heterocycles. The van der Waals surface area contributed by atoms with E-state index in [0.29, 0.717) is 12.3 Å². The fourth-order valence-electron chi connectivity index (χ4n) is 3.09. The van der Waals surface area contributed by atoms with E-state index in [0.717, 1.165) is 29.3 Å². The molecule has 1 aromatic heterocycles. The Hall–Kier alpha value is -2.08. The van der Waals surface area contributed by atoms with E-state index in [-0.39, 0.29) is 11.8 Å². The number of hydrogen-bond donors (Lipinski definition) is 2. The van der Waals surface area contributed by atoms with Gasteiger partial charge in [-0.15, -0.1) is 0 Å². The lowest BCUT2D eigenvalue weighted by molar-refractivity contribution is -0.134. The van der Waals surface area contributed by atoms with Crippen molar-refractivity contribution in [3.63, 3.8) is 0 Å². The summed E-state index contributed by atoms with van der Waals surface area (Å²) in [5, 5.41) is 5.64. The molecule has 132 valence electrons. The number of benzene rings is 1. The minimum atomic E-state index is -0.601. The molecular formula is C19H21BrN2O3. The molecule has 2 aromatic rings. The molecule has 0 spiro atoms. The first-order valence-corrected chi connectivity index (χ1v) is 9.18. The van der Waals surface area contributed by atoms with E-state index >= 15 is 0 Å². The summed E-state index contributed by atoms with van der Waals surface area (Å²) < 4.78 is 6.17. The Kier molecular flexibility index (Phi) is 5.27. The second kappa shape index (κ2) is 7.44. The van der Waals surface area contributed by atoms with Gasteiger partial charge in [0.25, 0.3) is 0 Å². The smallest absolute Gasteiger partial charge is 0.242 e. The van der Waals surface area contributed by atoms with Crippen molar-refractivity contribution in [3.05, 3.63) is 58.5 Å². The summed E-state index contributed by atoms with van der Waals surface area (Å²) in [5.41, 5.74) is 0.485. The van der Waals surface area contributed by atoms with Crippen LogP contribution in [0.2, 0.25) is 0 Å². The Balaban J connectivity index is 1.61. The van der Waals surface area contributed by atoms with Gasteiger partial charge in [0.1, 0.15) is 11.8 Å². The first-order valence-electron chi connectivity index (χ1n) is 8.38. The Morgan fingerprint density at radius 1 is 1.24 bits per heavy atom. The number of amides is 2. The molecular weight excluding hydrogens is 384 g/mol. The molecule has 5 nitrogen and oxygen atoms in total. The van der Waals surface area contributed by atoms with Gasteiger partial charge in [-0.05, 0) is 49.6 Å². The van der Waals surface area contributed by atoms with Gasteiger partial charge in [-0.2, -0.15) is 0 Å². The molecule has 1 heterocycles. The number of nitrogens with one attached hydrogen (secondary N) is 2. The third-order valence-electron chi connectivity index (χ3n) is 4.80. The lowest BCUT2D eigenvalue weighted by Gasteiger charge is -2.41. The number of halogens is 1. The Morgan fingerprint density at radius 3 is 2.52 bits per heavy atom. The topological polar surface area (TPSA) is 71.3 Å². The number of carbonyl (C=O) groups excluding carboxylic acids is 2. The summed E-state index contributed by atoms with van der Waals surface area (Å²) in [6.45, 7) is 2.01. The number of carbonyl (C=O) groups is 2. The normalized spacial score (nSPS) is 16.6. The third-order valence-corrected chi connectivity index (χ3v) is 5.33. The second-order valence-electron chi connectivity index (χ2n) is 6.43. The standard InChI is InChI=1S/C19H21BrN2O3/c1-13(17(23)21-12-16-4-2-11-25-16)22-18(24)19(9-3-10-19)14-5-7-15(20)8-6-14/h2,4-8,11,13H,3,9-10,12H2,1H3,(H,21,23)(H,22,24). The molecule has 1 aliphatic carbocycles. The van der Waals surface area contributed by atoms with Gasteiger partial charge in [0.05, 0.1) is 18.2 Å². The molecule has 0 radical (unpaired) electrons. The van der Waals surface area contributed by atoms with Gasteiger partial charge in [-0.1, -0.05) is 34.5 Å². The Labute approximate surface area is 155 Å². The van der Waals surface area contributed by atoms with Gasteiger partial charge in [0.15, 0.2) is 0 Å². The highest BCUT2D eigenvalue weighted by Crippen LogP contribution is 2.44. The zero-order valence-corrected chi connectivity index (χ0v) is 15.6. The fourth-order valence-corrected chi connectivity index (χ4v) is 3.35. The van der Waals surface area contributed by atoms with E-state index in [2.05, 4.69) is 26.6 Å². The van der Waals surface area contributed by atoms with E-state index in [9.17, 15) is 9.59 Å². The van der Waals surface area contributed by atoms with Crippen LogP contribution in [0.15, 0.2) is 51.6 Å². The van der Waals surface area contributed by atoms with Crippen LogP contribution >= 0.6 is 15.9 Å². The summed E-state index contributed by atoms with van der Waals surface area (Å²) in [7, 11) is 0. The van der Waals surface area contributed by atoms with Crippen LogP contribution in [0.25, 0.3) is 0 Å². The average Bonchev–Trinajstić information content (AvgIpc) is 3.06. The monoisotopic (exact) mass is 404 g/mol. The Bertz CT molecular complexity index is 737. The summed E-state index contributed by atoms with van der Waals surface area (Å²) in [6.07, 6.45) is 4.19. The maximum Gasteiger partial charge on any atom is 0.242 e. The molecule has 2 N–H and O–H groups in total. The summed E-state index contributed by atoms with van der Waals surface area (Å²) in [5.74, 6) is 0.369. The van der Waals surface area contributed by atoms with Crippen LogP contribution in [0.1, 0.15) is 37.5 Å².